The zero-order valence-electron chi connectivity index (χ0n) is 17.6. The summed E-state index contributed by atoms with van der Waals surface area (Å²) in [6.45, 7) is 3.39. The molecule has 1 N–H and O–H groups in total. The van der Waals surface area contributed by atoms with Crippen LogP contribution in [0.1, 0.15) is 37.3 Å². The van der Waals surface area contributed by atoms with E-state index in [1.807, 2.05) is 48.2 Å². The molecule has 2 aliphatic heterocycles. The highest BCUT2D eigenvalue weighted by molar-refractivity contribution is 7.80. The van der Waals surface area contributed by atoms with E-state index in [2.05, 4.69) is 15.5 Å². The molecular weight excluding hydrogens is 427 g/mol. The fourth-order valence-corrected chi connectivity index (χ4v) is 4.57. The molecular formula is C24H23FN4O2S. The number of hydrogen-bond donors (Lipinski definition) is 1. The summed E-state index contributed by atoms with van der Waals surface area (Å²) in [7, 11) is 0. The first-order valence-corrected chi connectivity index (χ1v) is 11.1. The predicted molar refractivity (Wildman–Crippen MR) is 123 cm³/mol. The summed E-state index contributed by atoms with van der Waals surface area (Å²) in [6, 6.07) is 15.7. The molecule has 1 saturated heterocycles. The van der Waals surface area contributed by atoms with Crippen molar-refractivity contribution < 1.29 is 13.7 Å². The van der Waals surface area contributed by atoms with Gasteiger partial charge >= 0.3 is 0 Å². The molecule has 1 aromatic heterocycles. The average molecular weight is 451 g/mol. The van der Waals surface area contributed by atoms with Crippen LogP contribution in [-0.4, -0.2) is 39.4 Å². The number of benzene rings is 2. The van der Waals surface area contributed by atoms with Crippen molar-refractivity contribution in [1.29, 1.82) is 0 Å². The molecule has 8 heteroatoms. The van der Waals surface area contributed by atoms with Gasteiger partial charge in [-0.05, 0) is 49.7 Å². The minimum absolute atomic E-state index is 0.110. The maximum absolute atomic E-state index is 14.1. The van der Waals surface area contributed by atoms with Crippen molar-refractivity contribution in [2.45, 2.75) is 31.9 Å². The first kappa shape index (κ1) is 20.8. The zero-order chi connectivity index (χ0) is 22.1. The smallest absolute Gasteiger partial charge is 0.258 e. The van der Waals surface area contributed by atoms with Gasteiger partial charge in [0.25, 0.3) is 5.89 Å². The van der Waals surface area contributed by atoms with E-state index in [1.54, 1.807) is 6.07 Å². The molecule has 3 aromatic rings. The van der Waals surface area contributed by atoms with E-state index in [0.29, 0.717) is 23.4 Å². The summed E-state index contributed by atoms with van der Waals surface area (Å²) < 4.78 is 25.6. The topological polar surface area (TPSA) is 63.4 Å². The van der Waals surface area contributed by atoms with E-state index >= 15 is 0 Å². The summed E-state index contributed by atoms with van der Waals surface area (Å²) in [5.41, 5.74) is 3.26. The van der Waals surface area contributed by atoms with Crippen LogP contribution in [0.2, 0.25) is 0 Å². The van der Waals surface area contributed by atoms with Crippen LogP contribution in [0, 0.1) is 5.82 Å². The van der Waals surface area contributed by atoms with Crippen molar-refractivity contribution in [1.82, 2.24) is 20.4 Å². The van der Waals surface area contributed by atoms with Gasteiger partial charge in [0, 0.05) is 17.9 Å². The maximum Gasteiger partial charge on any atom is 0.258 e. The number of hydrogen-bond acceptors (Lipinski definition) is 5. The summed E-state index contributed by atoms with van der Waals surface area (Å²) in [4.78, 5) is 6.69. The standard InChI is InChI=1S/C24H23FN4O2S/c1-15-20(23-27-22(28-31-23)16-7-3-2-4-8-16)21(17-9-5-10-18(25)13-17)26-24(32)29(15)14-19-11-6-12-30-19/h2-5,7-10,13,19,21H,6,11-12,14H2,1H3,(H,26,32). The fraction of sp³-hybridized carbons (Fsp3) is 0.292. The first-order chi connectivity index (χ1) is 15.6. The lowest BCUT2D eigenvalue weighted by Crippen LogP contribution is -2.48. The minimum atomic E-state index is -0.414. The molecule has 5 rings (SSSR count). The molecule has 0 saturated carbocycles. The Morgan fingerprint density at radius 3 is 2.78 bits per heavy atom. The van der Waals surface area contributed by atoms with E-state index in [4.69, 9.17) is 21.5 Å². The number of allylic oxidation sites excluding steroid dienone is 1. The van der Waals surface area contributed by atoms with E-state index in [9.17, 15) is 4.39 Å². The van der Waals surface area contributed by atoms with Gasteiger partial charge in [-0.15, -0.1) is 0 Å². The molecule has 2 unspecified atom stereocenters. The molecule has 0 spiro atoms. The average Bonchev–Trinajstić information content (AvgIpc) is 3.49. The summed E-state index contributed by atoms with van der Waals surface area (Å²) >= 11 is 5.70. The molecule has 0 aliphatic carbocycles. The van der Waals surface area contributed by atoms with Gasteiger partial charge in [-0.1, -0.05) is 47.6 Å². The molecule has 2 aliphatic rings. The zero-order valence-corrected chi connectivity index (χ0v) is 18.4. The Bertz CT molecular complexity index is 1160. The number of rotatable bonds is 5. The molecule has 2 aromatic carbocycles. The van der Waals surface area contributed by atoms with Crippen molar-refractivity contribution in [3.63, 3.8) is 0 Å². The Balaban J connectivity index is 1.58. The van der Waals surface area contributed by atoms with Gasteiger partial charge in [0.1, 0.15) is 5.82 Å². The van der Waals surface area contributed by atoms with Crippen LogP contribution < -0.4 is 5.32 Å². The molecule has 0 bridgehead atoms. The minimum Gasteiger partial charge on any atom is -0.376 e. The monoisotopic (exact) mass is 450 g/mol. The molecule has 164 valence electrons. The van der Waals surface area contributed by atoms with Crippen molar-refractivity contribution in [2.24, 2.45) is 0 Å². The van der Waals surface area contributed by atoms with Gasteiger partial charge in [-0.3, -0.25) is 0 Å². The summed E-state index contributed by atoms with van der Waals surface area (Å²) in [5.74, 6) is 0.560. The third-order valence-corrected chi connectivity index (χ3v) is 6.22. The number of nitrogens with zero attached hydrogens (tertiary/aromatic N) is 3. The van der Waals surface area contributed by atoms with Crippen molar-refractivity contribution in [2.75, 3.05) is 13.2 Å². The Kier molecular flexibility index (Phi) is 5.71. The van der Waals surface area contributed by atoms with Crippen LogP contribution in [0.25, 0.3) is 17.0 Å². The van der Waals surface area contributed by atoms with Crippen LogP contribution in [-0.2, 0) is 4.74 Å². The predicted octanol–water partition coefficient (Wildman–Crippen LogP) is 4.72. The third-order valence-electron chi connectivity index (χ3n) is 5.88. The Hall–Kier alpha value is -3.10. The van der Waals surface area contributed by atoms with Crippen LogP contribution in [0.4, 0.5) is 4.39 Å². The molecule has 3 heterocycles. The lowest BCUT2D eigenvalue weighted by Gasteiger charge is -2.38. The van der Waals surface area contributed by atoms with E-state index in [1.165, 1.54) is 12.1 Å². The Morgan fingerprint density at radius 1 is 1.19 bits per heavy atom. The van der Waals surface area contributed by atoms with E-state index in [0.717, 1.165) is 41.8 Å². The number of thiocarbonyl (C=S) groups is 1. The second kappa shape index (κ2) is 8.80. The molecule has 6 nitrogen and oxygen atoms in total. The number of ether oxygens (including phenoxy) is 1. The highest BCUT2D eigenvalue weighted by atomic mass is 32.1. The van der Waals surface area contributed by atoms with Crippen LogP contribution >= 0.6 is 12.2 Å². The van der Waals surface area contributed by atoms with Crippen LogP contribution in [0.3, 0.4) is 0 Å². The number of nitrogens with one attached hydrogen (secondary N) is 1. The van der Waals surface area contributed by atoms with Gasteiger partial charge in [-0.2, -0.15) is 4.98 Å². The van der Waals surface area contributed by atoms with E-state index in [-0.39, 0.29) is 11.9 Å². The van der Waals surface area contributed by atoms with Gasteiger partial charge in [0.05, 0.1) is 24.3 Å². The maximum atomic E-state index is 14.1. The van der Waals surface area contributed by atoms with E-state index < -0.39 is 6.04 Å². The quantitative estimate of drug-likeness (QED) is 0.565. The molecule has 1 fully saturated rings. The van der Waals surface area contributed by atoms with Gasteiger partial charge in [0.15, 0.2) is 5.11 Å². The van der Waals surface area contributed by atoms with Gasteiger partial charge in [-0.25, -0.2) is 4.39 Å². The SMILES string of the molecule is CC1=C(c2nc(-c3ccccc3)no2)C(c2cccc(F)c2)NC(=S)N1CC1CCCO1. The largest absolute Gasteiger partial charge is 0.376 e. The van der Waals surface area contributed by atoms with Crippen molar-refractivity contribution in [3.8, 4) is 11.4 Å². The second-order valence-corrected chi connectivity index (χ2v) is 8.36. The van der Waals surface area contributed by atoms with Crippen molar-refractivity contribution >= 4 is 22.9 Å². The Labute approximate surface area is 191 Å². The summed E-state index contributed by atoms with van der Waals surface area (Å²) in [6.07, 6.45) is 2.15. The normalized spacial score (nSPS) is 21.2. The molecule has 0 amide bonds. The summed E-state index contributed by atoms with van der Waals surface area (Å²) in [5, 5.41) is 8.12. The van der Waals surface area contributed by atoms with Crippen LogP contribution in [0.15, 0.2) is 64.8 Å². The lowest BCUT2D eigenvalue weighted by molar-refractivity contribution is 0.0962. The van der Waals surface area contributed by atoms with Gasteiger partial charge in [0.2, 0.25) is 5.82 Å². The Morgan fingerprint density at radius 2 is 2.03 bits per heavy atom. The molecule has 2 atom stereocenters. The second-order valence-electron chi connectivity index (χ2n) is 7.97. The van der Waals surface area contributed by atoms with Gasteiger partial charge < -0.3 is 19.5 Å². The fourth-order valence-electron chi connectivity index (χ4n) is 4.24. The third kappa shape index (κ3) is 4.03. The first-order valence-electron chi connectivity index (χ1n) is 10.7. The number of halogens is 1. The lowest BCUT2D eigenvalue weighted by atomic mass is 9.94. The molecule has 32 heavy (non-hydrogen) atoms. The van der Waals surface area contributed by atoms with Crippen molar-refractivity contribution in [3.05, 3.63) is 77.6 Å². The highest BCUT2D eigenvalue weighted by Gasteiger charge is 2.35. The number of aromatic nitrogens is 2. The highest BCUT2D eigenvalue weighted by Crippen LogP contribution is 2.38. The molecule has 0 radical (unpaired) electrons. The van der Waals surface area contributed by atoms with Crippen LogP contribution in [0.5, 0.6) is 0 Å².